The Bertz CT molecular complexity index is 713. The first-order valence-electron chi connectivity index (χ1n) is 6.32. The van der Waals surface area contributed by atoms with Gasteiger partial charge in [-0.05, 0) is 29.8 Å². The Morgan fingerprint density at radius 3 is 2.15 bits per heavy atom. The molecule has 1 aliphatic carbocycles. The van der Waals surface area contributed by atoms with Crippen molar-refractivity contribution in [1.29, 1.82) is 0 Å². The maximum absolute atomic E-state index is 12.9. The Balaban J connectivity index is 1.91. The first-order chi connectivity index (χ1) is 9.51. The third-order valence-electron chi connectivity index (χ3n) is 3.69. The first-order valence-corrected chi connectivity index (χ1v) is 7.86. The molecule has 1 aliphatic rings. The lowest BCUT2D eigenvalue weighted by molar-refractivity contribution is 0.593. The van der Waals surface area contributed by atoms with E-state index in [1.54, 1.807) is 42.5 Å². The minimum Gasteiger partial charge on any atom is -0.326 e. The Morgan fingerprint density at radius 1 is 0.950 bits per heavy atom. The van der Waals surface area contributed by atoms with Crippen molar-refractivity contribution in [3.63, 3.8) is 0 Å². The average Bonchev–Trinajstić information content (AvgIpc) is 3.13. The average molecular weight is 291 g/mol. The lowest BCUT2D eigenvalue weighted by Crippen LogP contribution is -2.15. The molecule has 2 aromatic rings. The summed E-state index contributed by atoms with van der Waals surface area (Å²) < 4.78 is 37.9. The van der Waals surface area contributed by atoms with E-state index in [9.17, 15) is 12.8 Å². The number of benzene rings is 2. The van der Waals surface area contributed by atoms with Gasteiger partial charge in [0.2, 0.25) is 0 Å². The second-order valence-corrected chi connectivity index (χ2v) is 7.08. The highest BCUT2D eigenvalue weighted by atomic mass is 32.2. The molecule has 1 fully saturated rings. The summed E-state index contributed by atoms with van der Waals surface area (Å²) in [6.07, 6.45) is 0. The zero-order valence-corrected chi connectivity index (χ0v) is 11.4. The predicted octanol–water partition coefficient (Wildman–Crippen LogP) is 2.09. The Labute approximate surface area is 117 Å². The van der Waals surface area contributed by atoms with E-state index in [0.717, 1.165) is 5.56 Å². The van der Waals surface area contributed by atoms with Gasteiger partial charge >= 0.3 is 0 Å². The summed E-state index contributed by atoms with van der Waals surface area (Å²) in [6.45, 7) is 0. The molecular weight excluding hydrogens is 277 g/mol. The highest BCUT2D eigenvalue weighted by molar-refractivity contribution is 7.92. The van der Waals surface area contributed by atoms with E-state index < -0.39 is 21.1 Å². The van der Waals surface area contributed by atoms with Gasteiger partial charge in [0.25, 0.3) is 0 Å². The molecule has 104 valence electrons. The van der Waals surface area contributed by atoms with Gasteiger partial charge in [-0.1, -0.05) is 30.3 Å². The van der Waals surface area contributed by atoms with Crippen LogP contribution in [0.2, 0.25) is 0 Å². The molecule has 1 saturated carbocycles. The van der Waals surface area contributed by atoms with E-state index in [-0.39, 0.29) is 16.6 Å². The Kier molecular flexibility index (Phi) is 3.11. The molecule has 0 aromatic heterocycles. The van der Waals surface area contributed by atoms with E-state index in [1.165, 1.54) is 12.1 Å². The molecule has 20 heavy (non-hydrogen) atoms. The van der Waals surface area contributed by atoms with Crippen molar-refractivity contribution in [1.82, 2.24) is 0 Å². The smallest absolute Gasteiger partial charge is 0.183 e. The molecular formula is C15H14FNO2S. The van der Waals surface area contributed by atoms with Crippen molar-refractivity contribution in [3.05, 3.63) is 66.0 Å². The van der Waals surface area contributed by atoms with Crippen molar-refractivity contribution in [2.45, 2.75) is 22.1 Å². The van der Waals surface area contributed by atoms with Gasteiger partial charge in [-0.25, -0.2) is 12.8 Å². The molecule has 0 saturated heterocycles. The molecule has 0 unspecified atom stereocenters. The van der Waals surface area contributed by atoms with Gasteiger partial charge < -0.3 is 5.73 Å². The Hall–Kier alpha value is -1.72. The summed E-state index contributed by atoms with van der Waals surface area (Å²) in [5, 5.41) is -0.629. The number of rotatable bonds is 3. The van der Waals surface area contributed by atoms with Crippen molar-refractivity contribution >= 4 is 9.84 Å². The fraction of sp³-hybridized carbons (Fsp3) is 0.200. The van der Waals surface area contributed by atoms with Gasteiger partial charge in [0.15, 0.2) is 9.84 Å². The largest absolute Gasteiger partial charge is 0.326 e. The van der Waals surface area contributed by atoms with E-state index in [0.29, 0.717) is 0 Å². The van der Waals surface area contributed by atoms with E-state index in [2.05, 4.69) is 0 Å². The van der Waals surface area contributed by atoms with Crippen molar-refractivity contribution < 1.29 is 12.8 Å². The van der Waals surface area contributed by atoms with Gasteiger partial charge in [-0.2, -0.15) is 0 Å². The van der Waals surface area contributed by atoms with Crippen molar-refractivity contribution in [2.24, 2.45) is 5.73 Å². The van der Waals surface area contributed by atoms with Gasteiger partial charge in [0.05, 0.1) is 10.1 Å². The van der Waals surface area contributed by atoms with Crippen molar-refractivity contribution in [3.8, 4) is 0 Å². The maximum atomic E-state index is 12.9. The van der Waals surface area contributed by atoms with Crippen LogP contribution in [-0.2, 0) is 9.84 Å². The zero-order chi connectivity index (χ0) is 14.3. The normalized spacial score (nSPS) is 25.4. The number of sulfone groups is 1. The molecule has 5 heteroatoms. The van der Waals surface area contributed by atoms with Crippen LogP contribution in [0.15, 0.2) is 59.5 Å². The Morgan fingerprint density at radius 2 is 1.55 bits per heavy atom. The van der Waals surface area contributed by atoms with Crippen LogP contribution < -0.4 is 5.73 Å². The SMILES string of the molecule is N[C@H]1[C@@H](c2ccc(F)cc2)[C@@H]1S(=O)(=O)c1ccccc1. The third-order valence-corrected chi connectivity index (χ3v) is 5.95. The van der Waals surface area contributed by atoms with Gasteiger partial charge in [-0.15, -0.1) is 0 Å². The minimum absolute atomic E-state index is 0.263. The molecule has 2 N–H and O–H groups in total. The third kappa shape index (κ3) is 2.13. The van der Waals surface area contributed by atoms with Crippen LogP contribution in [0.1, 0.15) is 11.5 Å². The minimum atomic E-state index is -3.44. The van der Waals surface area contributed by atoms with Gasteiger partial charge in [0, 0.05) is 12.0 Å². The topological polar surface area (TPSA) is 60.2 Å². The van der Waals surface area contributed by atoms with E-state index in [1.807, 2.05) is 0 Å². The fourth-order valence-corrected chi connectivity index (χ4v) is 4.64. The molecule has 0 radical (unpaired) electrons. The first kappa shape index (κ1) is 13.3. The molecule has 0 amide bonds. The number of hydrogen-bond donors (Lipinski definition) is 1. The van der Waals surface area contributed by atoms with Crippen LogP contribution >= 0.6 is 0 Å². The van der Waals surface area contributed by atoms with Crippen LogP contribution in [-0.4, -0.2) is 19.7 Å². The van der Waals surface area contributed by atoms with Crippen LogP contribution in [0.4, 0.5) is 4.39 Å². The molecule has 3 atom stereocenters. The van der Waals surface area contributed by atoms with Crippen LogP contribution in [0.5, 0.6) is 0 Å². The molecule has 0 bridgehead atoms. The number of nitrogens with two attached hydrogens (primary N) is 1. The monoisotopic (exact) mass is 291 g/mol. The maximum Gasteiger partial charge on any atom is 0.183 e. The summed E-state index contributed by atoms with van der Waals surface area (Å²) in [5.74, 6) is -0.605. The van der Waals surface area contributed by atoms with Gasteiger partial charge in [-0.3, -0.25) is 0 Å². The highest BCUT2D eigenvalue weighted by Crippen LogP contribution is 2.46. The van der Waals surface area contributed by atoms with Crippen LogP contribution in [0.25, 0.3) is 0 Å². The second-order valence-electron chi connectivity index (χ2n) is 4.98. The van der Waals surface area contributed by atoms with Crippen LogP contribution in [0, 0.1) is 5.82 Å². The summed E-state index contributed by atoms with van der Waals surface area (Å²) in [7, 11) is -3.44. The van der Waals surface area contributed by atoms with Gasteiger partial charge in [0.1, 0.15) is 5.82 Å². The molecule has 3 rings (SSSR count). The quantitative estimate of drug-likeness (QED) is 0.942. The summed E-state index contributed by atoms with van der Waals surface area (Å²) >= 11 is 0. The fourth-order valence-electron chi connectivity index (χ4n) is 2.57. The molecule has 3 nitrogen and oxygen atoms in total. The van der Waals surface area contributed by atoms with Crippen molar-refractivity contribution in [2.75, 3.05) is 0 Å². The zero-order valence-electron chi connectivity index (χ0n) is 10.6. The standard InChI is InChI=1S/C15H14FNO2S/c16-11-8-6-10(7-9-11)13-14(17)15(13)20(18,19)12-4-2-1-3-5-12/h1-9,13-15H,17H2/t13-,14+,15+/m1/s1. The molecule has 0 spiro atoms. The lowest BCUT2D eigenvalue weighted by atomic mass is 10.1. The van der Waals surface area contributed by atoms with E-state index in [4.69, 9.17) is 5.73 Å². The number of hydrogen-bond acceptors (Lipinski definition) is 3. The van der Waals surface area contributed by atoms with Crippen LogP contribution in [0.3, 0.4) is 0 Å². The highest BCUT2D eigenvalue weighted by Gasteiger charge is 2.57. The second kappa shape index (κ2) is 4.68. The molecule has 2 aromatic carbocycles. The number of halogens is 1. The summed E-state index contributed by atoms with van der Waals surface area (Å²) in [4.78, 5) is 0.282. The predicted molar refractivity (Wildman–Crippen MR) is 74.5 cm³/mol. The summed E-state index contributed by atoms with van der Waals surface area (Å²) in [6, 6.07) is 13.7. The van der Waals surface area contributed by atoms with E-state index >= 15 is 0 Å². The molecule has 0 heterocycles. The molecule has 0 aliphatic heterocycles. The lowest BCUT2D eigenvalue weighted by Gasteiger charge is -2.03. The summed E-state index contributed by atoms with van der Waals surface area (Å²) in [5.41, 5.74) is 6.70.